The number of aromatic carboxylic acids is 1. The second-order valence-corrected chi connectivity index (χ2v) is 4.99. The minimum absolute atomic E-state index is 0.0465. The van der Waals surface area contributed by atoms with Crippen molar-refractivity contribution in [1.82, 2.24) is 9.78 Å². The maximum Gasteiger partial charge on any atom is 0.354 e. The van der Waals surface area contributed by atoms with Gasteiger partial charge in [-0.15, -0.1) is 0 Å². The minimum atomic E-state index is -1.14. The average molecular weight is 317 g/mol. The Hall–Kier alpha value is -3.03. The van der Waals surface area contributed by atoms with Crippen molar-refractivity contribution in [2.24, 2.45) is 0 Å². The Bertz CT molecular complexity index is 755. The van der Waals surface area contributed by atoms with Crippen LogP contribution in [-0.2, 0) is 4.79 Å². The largest absolute Gasteiger partial charge is 0.486 e. The lowest BCUT2D eigenvalue weighted by Gasteiger charge is -2.19. The molecule has 0 fully saturated rings. The summed E-state index contributed by atoms with van der Waals surface area (Å²) in [7, 11) is 0. The number of carboxylic acid groups (broad SMARTS) is 1. The molecule has 2 heterocycles. The highest BCUT2D eigenvalue weighted by Gasteiger charge is 2.22. The van der Waals surface area contributed by atoms with Crippen LogP contribution in [0, 0.1) is 0 Å². The number of ether oxygens (including phenoxy) is 2. The summed E-state index contributed by atoms with van der Waals surface area (Å²) in [6.45, 7) is 2.52. The normalized spacial score (nSPS) is 14.1. The quantitative estimate of drug-likeness (QED) is 0.887. The number of nitrogens with one attached hydrogen (secondary N) is 1. The second-order valence-electron chi connectivity index (χ2n) is 4.99. The van der Waals surface area contributed by atoms with Crippen LogP contribution >= 0.6 is 0 Å². The van der Waals surface area contributed by atoms with Gasteiger partial charge in [0.15, 0.2) is 11.5 Å². The molecule has 120 valence electrons. The summed E-state index contributed by atoms with van der Waals surface area (Å²) in [5.41, 5.74) is 0.491. The van der Waals surface area contributed by atoms with Crippen LogP contribution in [0.3, 0.4) is 0 Å². The lowest BCUT2D eigenvalue weighted by atomic mass is 10.2. The van der Waals surface area contributed by atoms with Crippen LogP contribution in [0.5, 0.6) is 11.5 Å². The van der Waals surface area contributed by atoms with Gasteiger partial charge in [-0.05, 0) is 25.1 Å². The first-order valence-electron chi connectivity index (χ1n) is 7.03. The molecule has 0 radical (unpaired) electrons. The number of hydrogen-bond donors (Lipinski definition) is 2. The third-order valence-corrected chi connectivity index (χ3v) is 3.45. The third-order valence-electron chi connectivity index (χ3n) is 3.45. The van der Waals surface area contributed by atoms with Gasteiger partial charge >= 0.3 is 5.97 Å². The van der Waals surface area contributed by atoms with E-state index in [0.717, 1.165) is 4.68 Å². The van der Waals surface area contributed by atoms with E-state index < -0.39 is 12.0 Å². The molecule has 0 aliphatic carbocycles. The van der Waals surface area contributed by atoms with Gasteiger partial charge in [0, 0.05) is 18.0 Å². The fourth-order valence-corrected chi connectivity index (χ4v) is 2.27. The molecular weight excluding hydrogens is 302 g/mol. The molecule has 2 N–H and O–H groups in total. The number of carboxylic acids is 1. The fraction of sp³-hybridized carbons (Fsp3) is 0.267. The van der Waals surface area contributed by atoms with Crippen molar-refractivity contribution in [3.8, 4) is 11.5 Å². The van der Waals surface area contributed by atoms with E-state index in [2.05, 4.69) is 10.4 Å². The minimum Gasteiger partial charge on any atom is -0.486 e. The van der Waals surface area contributed by atoms with Crippen molar-refractivity contribution in [2.75, 3.05) is 18.5 Å². The molecule has 1 aliphatic heterocycles. The summed E-state index contributed by atoms with van der Waals surface area (Å²) in [5.74, 6) is -0.330. The Kier molecular flexibility index (Phi) is 3.88. The first-order valence-corrected chi connectivity index (χ1v) is 7.03. The van der Waals surface area contributed by atoms with Gasteiger partial charge in [0.05, 0.1) is 0 Å². The molecule has 8 nitrogen and oxygen atoms in total. The van der Waals surface area contributed by atoms with E-state index in [-0.39, 0.29) is 11.6 Å². The van der Waals surface area contributed by atoms with Crippen molar-refractivity contribution in [2.45, 2.75) is 13.0 Å². The zero-order valence-electron chi connectivity index (χ0n) is 12.4. The van der Waals surface area contributed by atoms with E-state index in [4.69, 9.17) is 14.6 Å². The van der Waals surface area contributed by atoms with E-state index in [1.54, 1.807) is 25.1 Å². The van der Waals surface area contributed by atoms with Crippen molar-refractivity contribution in [3.05, 3.63) is 36.2 Å². The predicted molar refractivity (Wildman–Crippen MR) is 80.0 cm³/mol. The van der Waals surface area contributed by atoms with Gasteiger partial charge in [-0.2, -0.15) is 5.10 Å². The molecule has 0 bridgehead atoms. The summed E-state index contributed by atoms with van der Waals surface area (Å²) in [6, 6.07) is 5.64. The third kappa shape index (κ3) is 2.96. The summed E-state index contributed by atoms with van der Waals surface area (Å²) in [6.07, 6.45) is 1.34. The van der Waals surface area contributed by atoms with Gasteiger partial charge in [0.1, 0.15) is 24.9 Å². The summed E-state index contributed by atoms with van der Waals surface area (Å²) in [5, 5.41) is 15.7. The molecule has 1 unspecified atom stereocenters. The number of hydrogen-bond acceptors (Lipinski definition) is 5. The molecular formula is C15H15N3O5. The lowest BCUT2D eigenvalue weighted by Crippen LogP contribution is -2.27. The number of amides is 1. The first-order chi connectivity index (χ1) is 11.1. The Balaban J connectivity index is 1.76. The zero-order valence-corrected chi connectivity index (χ0v) is 12.4. The number of carbonyl (C=O) groups excluding carboxylic acids is 1. The number of aromatic nitrogens is 2. The number of anilines is 1. The Morgan fingerprint density at radius 2 is 2.00 bits per heavy atom. The van der Waals surface area contributed by atoms with Crippen molar-refractivity contribution in [1.29, 1.82) is 0 Å². The van der Waals surface area contributed by atoms with Gasteiger partial charge in [-0.3, -0.25) is 4.79 Å². The number of benzene rings is 1. The lowest BCUT2D eigenvalue weighted by molar-refractivity contribution is -0.119. The predicted octanol–water partition coefficient (Wildman–Crippen LogP) is 1.55. The van der Waals surface area contributed by atoms with Crippen molar-refractivity contribution in [3.63, 3.8) is 0 Å². The number of rotatable bonds is 4. The highest BCUT2D eigenvalue weighted by atomic mass is 16.6. The molecule has 0 spiro atoms. The second kappa shape index (κ2) is 5.99. The van der Waals surface area contributed by atoms with Crippen LogP contribution in [0.15, 0.2) is 30.5 Å². The van der Waals surface area contributed by atoms with Crippen LogP contribution in [-0.4, -0.2) is 40.0 Å². The van der Waals surface area contributed by atoms with Crippen LogP contribution in [0.4, 0.5) is 5.69 Å². The van der Waals surface area contributed by atoms with E-state index >= 15 is 0 Å². The van der Waals surface area contributed by atoms with Gasteiger partial charge in [-0.1, -0.05) is 0 Å². The Labute approximate surface area is 131 Å². The van der Waals surface area contributed by atoms with Gasteiger partial charge in [0.2, 0.25) is 5.91 Å². The van der Waals surface area contributed by atoms with Crippen LogP contribution in [0.25, 0.3) is 0 Å². The van der Waals surface area contributed by atoms with E-state index in [9.17, 15) is 9.59 Å². The molecule has 8 heteroatoms. The standard InChI is InChI=1S/C15H15N3O5/c1-9(18-11(15(20)21)4-5-16-18)14(19)17-10-2-3-12-13(8-10)23-7-6-22-12/h2-5,8-9H,6-7H2,1H3,(H,17,19)(H,20,21). The summed E-state index contributed by atoms with van der Waals surface area (Å²) in [4.78, 5) is 23.4. The summed E-state index contributed by atoms with van der Waals surface area (Å²) < 4.78 is 12.0. The SMILES string of the molecule is CC(C(=O)Nc1ccc2c(c1)OCCO2)n1nccc1C(=O)O. The number of fused-ring (bicyclic) bond motifs is 1. The Morgan fingerprint density at radius 3 is 2.74 bits per heavy atom. The topological polar surface area (TPSA) is 103 Å². The Morgan fingerprint density at radius 1 is 1.26 bits per heavy atom. The van der Waals surface area contributed by atoms with Crippen LogP contribution in [0.2, 0.25) is 0 Å². The molecule has 2 aromatic rings. The molecule has 1 aromatic heterocycles. The summed E-state index contributed by atoms with van der Waals surface area (Å²) >= 11 is 0. The van der Waals surface area contributed by atoms with E-state index in [0.29, 0.717) is 30.4 Å². The number of nitrogens with zero attached hydrogens (tertiary/aromatic N) is 2. The van der Waals surface area contributed by atoms with Gasteiger partial charge < -0.3 is 19.9 Å². The molecule has 1 aliphatic rings. The van der Waals surface area contributed by atoms with Crippen molar-refractivity contribution < 1.29 is 24.2 Å². The number of carbonyl (C=O) groups is 2. The van der Waals surface area contributed by atoms with Crippen molar-refractivity contribution >= 4 is 17.6 Å². The fourth-order valence-electron chi connectivity index (χ4n) is 2.27. The first kappa shape index (κ1) is 14.9. The maximum absolute atomic E-state index is 12.3. The van der Waals surface area contributed by atoms with Crippen LogP contribution in [0.1, 0.15) is 23.5 Å². The molecule has 1 atom stereocenters. The molecule has 3 rings (SSSR count). The highest BCUT2D eigenvalue weighted by Crippen LogP contribution is 2.32. The maximum atomic E-state index is 12.3. The monoisotopic (exact) mass is 317 g/mol. The molecule has 23 heavy (non-hydrogen) atoms. The molecule has 0 saturated heterocycles. The van der Waals surface area contributed by atoms with Gasteiger partial charge in [0.25, 0.3) is 0 Å². The van der Waals surface area contributed by atoms with Crippen LogP contribution < -0.4 is 14.8 Å². The highest BCUT2D eigenvalue weighted by molar-refractivity contribution is 5.94. The van der Waals surface area contributed by atoms with Gasteiger partial charge in [-0.25, -0.2) is 9.48 Å². The van der Waals surface area contributed by atoms with E-state index in [1.165, 1.54) is 12.3 Å². The smallest absolute Gasteiger partial charge is 0.354 e. The average Bonchev–Trinajstić information content (AvgIpc) is 3.03. The molecule has 1 amide bonds. The molecule has 0 saturated carbocycles. The van der Waals surface area contributed by atoms with E-state index in [1.807, 2.05) is 0 Å². The molecule has 1 aromatic carbocycles. The zero-order chi connectivity index (χ0) is 16.4.